The van der Waals surface area contributed by atoms with Crippen molar-refractivity contribution in [1.29, 1.82) is 0 Å². The molecule has 242 valence electrons. The molecule has 1 saturated heterocycles. The number of hydrazone groups is 1. The second-order valence-corrected chi connectivity index (χ2v) is 12.6. The van der Waals surface area contributed by atoms with Crippen molar-refractivity contribution >= 4 is 29.9 Å². The maximum absolute atomic E-state index is 13.7. The standard InChI is InChI=1S/C36H44N6O4/c1-2-25(20-26-22-37-38-23-26)21-33(34(43)46-31-14-12-28(13-15-31)27-8-4-3-5-9-27)40-35(44)41-18-16-30(17-19-41)42-24-29-10-6-7-11-32(29)39-36(42)45/h2-11,20,22,28,30-31,33,38H,12-19,21,23-24H2,1H3,(H,39,45)(H,40,44)/b25-2+,26-20-. The van der Waals surface area contributed by atoms with E-state index in [1.165, 1.54) is 5.56 Å². The quantitative estimate of drug-likeness (QED) is 0.326. The monoisotopic (exact) mass is 624 g/mol. The van der Waals surface area contributed by atoms with Gasteiger partial charge in [0.2, 0.25) is 0 Å². The number of hydrogen-bond donors (Lipinski definition) is 3. The Morgan fingerprint density at radius 3 is 2.48 bits per heavy atom. The van der Waals surface area contributed by atoms with Crippen LogP contribution >= 0.6 is 0 Å². The largest absolute Gasteiger partial charge is 0.461 e. The molecule has 0 aromatic heterocycles. The first kappa shape index (κ1) is 31.4. The van der Waals surface area contributed by atoms with Crippen LogP contribution in [-0.4, -0.2) is 71.9 Å². The number of rotatable bonds is 8. The number of fused-ring (bicyclic) bond motifs is 1. The third kappa shape index (κ3) is 7.61. The molecule has 46 heavy (non-hydrogen) atoms. The predicted octanol–water partition coefficient (Wildman–Crippen LogP) is 5.70. The van der Waals surface area contributed by atoms with E-state index in [1.807, 2.05) is 54.3 Å². The Kier molecular flexibility index (Phi) is 10.0. The minimum absolute atomic E-state index is 0.0344. The number of hydrogen-bond acceptors (Lipinski definition) is 6. The van der Waals surface area contributed by atoms with Crippen molar-refractivity contribution in [1.82, 2.24) is 20.5 Å². The molecule has 6 rings (SSSR count). The Labute approximate surface area is 270 Å². The van der Waals surface area contributed by atoms with E-state index in [1.54, 1.807) is 11.1 Å². The van der Waals surface area contributed by atoms with Crippen molar-refractivity contribution in [3.63, 3.8) is 0 Å². The lowest BCUT2D eigenvalue weighted by molar-refractivity contribution is -0.153. The average molecular weight is 625 g/mol. The molecule has 1 atom stereocenters. The fourth-order valence-corrected chi connectivity index (χ4v) is 6.95. The van der Waals surface area contributed by atoms with Gasteiger partial charge in [0, 0.05) is 37.8 Å². The summed E-state index contributed by atoms with van der Waals surface area (Å²) in [5, 5.41) is 10.1. The number of allylic oxidation sites excluding steroid dienone is 2. The summed E-state index contributed by atoms with van der Waals surface area (Å²) in [4.78, 5) is 43.7. The number of anilines is 1. The maximum atomic E-state index is 13.7. The fourth-order valence-electron chi connectivity index (χ4n) is 6.95. The minimum atomic E-state index is -0.823. The Balaban J connectivity index is 1.07. The fraction of sp³-hybridized carbons (Fsp3) is 0.444. The van der Waals surface area contributed by atoms with Gasteiger partial charge in [-0.2, -0.15) is 5.10 Å². The minimum Gasteiger partial charge on any atom is -0.461 e. The van der Waals surface area contributed by atoms with Crippen LogP contribution in [-0.2, 0) is 16.1 Å². The SMILES string of the molecule is C/C=C(\C=C1\C=NNC1)CC(NC(=O)N1CCC(N2Cc3ccccc3NC2=O)CC1)C(=O)OC1CCC(c2ccccc2)CC1. The van der Waals surface area contributed by atoms with Crippen molar-refractivity contribution in [3.05, 3.63) is 89.0 Å². The van der Waals surface area contributed by atoms with Gasteiger partial charge in [-0.05, 0) is 79.7 Å². The van der Waals surface area contributed by atoms with Gasteiger partial charge in [-0.3, -0.25) is 0 Å². The smallest absolute Gasteiger partial charge is 0.329 e. The number of carbonyl (C=O) groups excluding carboxylic acids is 3. The molecule has 1 saturated carbocycles. The van der Waals surface area contributed by atoms with Crippen molar-refractivity contribution in [2.45, 2.75) is 82.5 Å². The van der Waals surface area contributed by atoms with E-state index in [0.717, 1.165) is 48.1 Å². The number of benzene rings is 2. The lowest BCUT2D eigenvalue weighted by Crippen LogP contribution is -2.54. The van der Waals surface area contributed by atoms with Crippen molar-refractivity contribution in [2.75, 3.05) is 25.0 Å². The summed E-state index contributed by atoms with van der Waals surface area (Å²) in [7, 11) is 0. The molecule has 3 aliphatic heterocycles. The first-order chi connectivity index (χ1) is 22.5. The number of piperidine rings is 1. The van der Waals surface area contributed by atoms with Gasteiger partial charge in [-0.25, -0.2) is 14.4 Å². The molecule has 2 aromatic rings. The number of nitrogens with one attached hydrogen (secondary N) is 3. The van der Waals surface area contributed by atoms with Crippen LogP contribution in [0.4, 0.5) is 15.3 Å². The molecule has 0 bridgehead atoms. The summed E-state index contributed by atoms with van der Waals surface area (Å²) < 4.78 is 6.07. The number of esters is 1. The summed E-state index contributed by atoms with van der Waals surface area (Å²) in [6.45, 7) is 4.10. The molecular formula is C36H44N6O4. The highest BCUT2D eigenvalue weighted by Gasteiger charge is 2.35. The summed E-state index contributed by atoms with van der Waals surface area (Å²) in [6, 6.07) is 17.2. The van der Waals surface area contributed by atoms with Crippen LogP contribution in [0.5, 0.6) is 0 Å². The molecule has 0 radical (unpaired) electrons. The zero-order valence-corrected chi connectivity index (χ0v) is 26.5. The zero-order valence-electron chi connectivity index (χ0n) is 26.5. The number of likely N-dealkylation sites (tertiary alicyclic amines) is 1. The molecule has 1 aliphatic carbocycles. The van der Waals surface area contributed by atoms with Crippen LogP contribution in [0.25, 0.3) is 0 Å². The molecule has 2 aromatic carbocycles. The highest BCUT2D eigenvalue weighted by Crippen LogP contribution is 2.34. The van der Waals surface area contributed by atoms with Gasteiger partial charge in [0.15, 0.2) is 0 Å². The second kappa shape index (κ2) is 14.7. The molecule has 1 unspecified atom stereocenters. The van der Waals surface area contributed by atoms with Crippen LogP contribution in [0.3, 0.4) is 0 Å². The average Bonchev–Trinajstić information content (AvgIpc) is 3.61. The van der Waals surface area contributed by atoms with Gasteiger partial charge in [-0.15, -0.1) is 0 Å². The predicted molar refractivity (Wildman–Crippen MR) is 178 cm³/mol. The Hall–Kier alpha value is -4.60. The number of nitrogens with zero attached hydrogens (tertiary/aromatic N) is 3. The molecule has 3 heterocycles. The molecule has 4 aliphatic rings. The van der Waals surface area contributed by atoms with Gasteiger partial charge in [0.05, 0.1) is 12.8 Å². The van der Waals surface area contributed by atoms with Gasteiger partial charge >= 0.3 is 18.0 Å². The summed E-state index contributed by atoms with van der Waals surface area (Å²) >= 11 is 0. The van der Waals surface area contributed by atoms with E-state index in [9.17, 15) is 14.4 Å². The van der Waals surface area contributed by atoms with E-state index in [4.69, 9.17) is 4.74 Å². The van der Waals surface area contributed by atoms with E-state index in [0.29, 0.717) is 51.4 Å². The van der Waals surface area contributed by atoms with Crippen molar-refractivity contribution in [3.8, 4) is 0 Å². The van der Waals surface area contributed by atoms with E-state index in [2.05, 4.69) is 45.4 Å². The normalized spacial score (nSPS) is 23.4. The molecule has 0 spiro atoms. The highest BCUT2D eigenvalue weighted by atomic mass is 16.5. The summed E-state index contributed by atoms with van der Waals surface area (Å²) in [6.07, 6.45) is 10.8. The third-order valence-electron chi connectivity index (χ3n) is 9.65. The maximum Gasteiger partial charge on any atom is 0.329 e. The summed E-state index contributed by atoms with van der Waals surface area (Å²) in [5.41, 5.74) is 8.15. The Morgan fingerprint density at radius 1 is 1.02 bits per heavy atom. The van der Waals surface area contributed by atoms with Gasteiger partial charge in [0.25, 0.3) is 0 Å². The number of amides is 4. The van der Waals surface area contributed by atoms with Crippen LogP contribution in [0.1, 0.15) is 68.9 Å². The zero-order chi connectivity index (χ0) is 31.9. The van der Waals surface area contributed by atoms with Gasteiger partial charge < -0.3 is 30.6 Å². The first-order valence-electron chi connectivity index (χ1n) is 16.5. The van der Waals surface area contributed by atoms with Gasteiger partial charge in [-0.1, -0.05) is 60.7 Å². The van der Waals surface area contributed by atoms with Crippen LogP contribution < -0.4 is 16.1 Å². The second-order valence-electron chi connectivity index (χ2n) is 12.6. The van der Waals surface area contributed by atoms with Crippen LogP contribution in [0.2, 0.25) is 0 Å². The van der Waals surface area contributed by atoms with Crippen molar-refractivity contribution < 1.29 is 19.1 Å². The topological polar surface area (TPSA) is 115 Å². The summed E-state index contributed by atoms with van der Waals surface area (Å²) in [5.74, 6) is 0.0780. The van der Waals surface area contributed by atoms with Gasteiger partial charge in [0.1, 0.15) is 12.1 Å². The lowest BCUT2D eigenvalue weighted by Gasteiger charge is -2.40. The number of ether oxygens (including phenoxy) is 1. The molecule has 2 fully saturated rings. The van der Waals surface area contributed by atoms with Crippen LogP contribution in [0.15, 0.2) is 83.0 Å². The molecular weight excluding hydrogens is 580 g/mol. The number of urea groups is 2. The molecule has 10 heteroatoms. The van der Waals surface area contributed by atoms with Crippen molar-refractivity contribution in [2.24, 2.45) is 5.10 Å². The highest BCUT2D eigenvalue weighted by molar-refractivity contribution is 5.92. The van der Waals surface area contributed by atoms with E-state index >= 15 is 0 Å². The molecule has 10 nitrogen and oxygen atoms in total. The lowest BCUT2D eigenvalue weighted by atomic mass is 9.83. The number of carbonyl (C=O) groups is 3. The number of para-hydroxylation sites is 1. The van der Waals surface area contributed by atoms with E-state index < -0.39 is 12.0 Å². The van der Waals surface area contributed by atoms with E-state index in [-0.39, 0.29) is 24.2 Å². The van der Waals surface area contributed by atoms with Crippen LogP contribution in [0, 0.1) is 0 Å². The molecule has 4 amide bonds. The first-order valence-corrected chi connectivity index (χ1v) is 16.5. The molecule has 3 N–H and O–H groups in total. The Morgan fingerprint density at radius 2 is 1.76 bits per heavy atom. The third-order valence-corrected chi connectivity index (χ3v) is 9.65. The Bertz CT molecular complexity index is 1490.